The highest BCUT2D eigenvalue weighted by Gasteiger charge is 2.28. The van der Waals surface area contributed by atoms with Crippen molar-refractivity contribution in [2.75, 3.05) is 22.1 Å². The first-order valence-corrected chi connectivity index (χ1v) is 14.7. The summed E-state index contributed by atoms with van der Waals surface area (Å²) in [6.45, 7) is 4.76. The molecule has 0 unspecified atom stereocenters. The van der Waals surface area contributed by atoms with E-state index in [-0.39, 0.29) is 23.3 Å². The van der Waals surface area contributed by atoms with E-state index >= 15 is 0 Å². The van der Waals surface area contributed by atoms with Crippen molar-refractivity contribution in [3.63, 3.8) is 0 Å². The molecule has 2 heterocycles. The van der Waals surface area contributed by atoms with Gasteiger partial charge in [-0.15, -0.1) is 0 Å². The Balaban J connectivity index is 0.000000325. The van der Waals surface area contributed by atoms with Crippen molar-refractivity contribution in [1.82, 2.24) is 9.55 Å². The molecule has 1 aliphatic carbocycles. The van der Waals surface area contributed by atoms with E-state index in [2.05, 4.69) is 29.5 Å². The molecule has 1 saturated heterocycles. The Morgan fingerprint density at radius 1 is 0.944 bits per heavy atom. The third-order valence-electron chi connectivity index (χ3n) is 7.33. The van der Waals surface area contributed by atoms with Gasteiger partial charge in [-0.25, -0.2) is 13.4 Å². The second-order valence-corrected chi connectivity index (χ2v) is 13.1. The van der Waals surface area contributed by atoms with Crippen molar-refractivity contribution in [2.24, 2.45) is 18.4 Å². The smallest absolute Gasteiger partial charge is 0.227 e. The number of sulfone groups is 1. The average Bonchev–Trinajstić information content (AvgIpc) is 3.16. The first kappa shape index (κ1) is 26.2. The molecule has 5 rings (SSSR count). The molecule has 3 aromatic rings. The highest BCUT2D eigenvalue weighted by molar-refractivity contribution is 7.91. The zero-order valence-electron chi connectivity index (χ0n) is 21.6. The van der Waals surface area contributed by atoms with E-state index < -0.39 is 9.84 Å². The first-order valence-electron chi connectivity index (χ1n) is 12.9. The Morgan fingerprint density at radius 2 is 1.56 bits per heavy atom. The van der Waals surface area contributed by atoms with Crippen LogP contribution in [-0.4, -0.2) is 35.4 Å². The number of aromatic nitrogens is 2. The summed E-state index contributed by atoms with van der Waals surface area (Å²) in [4.78, 5) is 16.9. The number of para-hydroxylation sites is 2. The molecule has 7 nitrogen and oxygen atoms in total. The average molecular weight is 511 g/mol. The van der Waals surface area contributed by atoms with E-state index in [1.54, 1.807) is 0 Å². The first-order chi connectivity index (χ1) is 17.1. The van der Waals surface area contributed by atoms with Crippen molar-refractivity contribution in [2.45, 2.75) is 58.8 Å². The van der Waals surface area contributed by atoms with E-state index in [1.807, 2.05) is 60.1 Å². The monoisotopic (exact) mass is 510 g/mol. The Bertz CT molecular complexity index is 1270. The maximum absolute atomic E-state index is 12.4. The van der Waals surface area contributed by atoms with Crippen LogP contribution in [0.2, 0.25) is 0 Å². The van der Waals surface area contributed by atoms with Crippen LogP contribution < -0.4 is 10.6 Å². The van der Waals surface area contributed by atoms with Crippen LogP contribution in [-0.2, 0) is 21.7 Å². The lowest BCUT2D eigenvalue weighted by Crippen LogP contribution is -2.31. The molecule has 2 aromatic carbocycles. The third kappa shape index (κ3) is 6.87. The van der Waals surface area contributed by atoms with Gasteiger partial charge in [0.15, 0.2) is 0 Å². The quantitative estimate of drug-likeness (QED) is 0.445. The molecule has 36 heavy (non-hydrogen) atoms. The highest BCUT2D eigenvalue weighted by atomic mass is 32.2. The molecule has 0 spiro atoms. The van der Waals surface area contributed by atoms with Crippen LogP contribution in [0.15, 0.2) is 48.5 Å². The lowest BCUT2D eigenvalue weighted by Gasteiger charge is -2.28. The molecule has 1 saturated carbocycles. The van der Waals surface area contributed by atoms with Gasteiger partial charge in [-0.1, -0.05) is 45.2 Å². The minimum absolute atomic E-state index is 0.0892. The largest absolute Gasteiger partial charge is 0.326 e. The maximum atomic E-state index is 12.4. The number of imidazole rings is 1. The molecule has 8 heteroatoms. The second-order valence-electron chi connectivity index (χ2n) is 10.8. The van der Waals surface area contributed by atoms with Gasteiger partial charge >= 0.3 is 0 Å². The van der Waals surface area contributed by atoms with Gasteiger partial charge in [0.25, 0.3) is 0 Å². The third-order valence-corrected chi connectivity index (χ3v) is 9.04. The number of nitrogens with one attached hydrogen (secondary N) is 2. The van der Waals surface area contributed by atoms with Gasteiger partial charge in [0.1, 0.15) is 9.84 Å². The van der Waals surface area contributed by atoms with Gasteiger partial charge in [0.2, 0.25) is 11.9 Å². The lowest BCUT2D eigenvalue weighted by atomic mass is 9.78. The highest BCUT2D eigenvalue weighted by Crippen LogP contribution is 2.34. The van der Waals surface area contributed by atoms with Crippen LogP contribution >= 0.6 is 0 Å². The molecule has 2 N–H and O–H groups in total. The molecule has 0 radical (unpaired) electrons. The second kappa shape index (κ2) is 11.0. The summed E-state index contributed by atoms with van der Waals surface area (Å²) in [6, 6.07) is 15.3. The van der Waals surface area contributed by atoms with Crippen LogP contribution in [0.3, 0.4) is 0 Å². The van der Waals surface area contributed by atoms with Crippen molar-refractivity contribution >= 4 is 44.1 Å². The SMILES string of the molecule is CC1(C)CCCCC1.Cn1c(Nc2ccc(NC(=O)C3CCS(=O)(=O)CC3)cc2)nc2ccccc21. The van der Waals surface area contributed by atoms with Crippen LogP contribution in [0.4, 0.5) is 17.3 Å². The number of aryl methyl sites for hydroxylation is 1. The van der Waals surface area contributed by atoms with Crippen molar-refractivity contribution < 1.29 is 13.2 Å². The molecule has 0 atom stereocenters. The number of benzene rings is 2. The fourth-order valence-corrected chi connectivity index (χ4v) is 6.42. The van der Waals surface area contributed by atoms with E-state index in [9.17, 15) is 13.2 Å². The van der Waals surface area contributed by atoms with Gasteiger partial charge in [-0.2, -0.15) is 0 Å². The van der Waals surface area contributed by atoms with E-state index in [0.29, 0.717) is 23.9 Å². The standard InChI is InChI=1S/C20H22N4O3S.C8H16/c1-24-18-5-3-2-4-17(18)23-20(24)22-16-8-6-15(7-9-16)21-19(25)14-10-12-28(26,27)13-11-14;1-8(2)6-4-3-5-7-8/h2-9,14H,10-13H2,1H3,(H,21,25)(H,22,23);3-7H2,1-2H3. The molecule has 1 amide bonds. The molecule has 1 aromatic heterocycles. The van der Waals surface area contributed by atoms with Crippen molar-refractivity contribution in [3.8, 4) is 0 Å². The molecule has 2 aliphatic rings. The fourth-order valence-electron chi connectivity index (χ4n) is 4.93. The number of anilines is 3. The predicted molar refractivity (Wildman–Crippen MR) is 147 cm³/mol. The number of rotatable bonds is 4. The Morgan fingerprint density at radius 3 is 2.14 bits per heavy atom. The summed E-state index contributed by atoms with van der Waals surface area (Å²) < 4.78 is 25.0. The Kier molecular flexibility index (Phi) is 8.03. The minimum Gasteiger partial charge on any atom is -0.326 e. The summed E-state index contributed by atoms with van der Waals surface area (Å²) in [5.74, 6) is 0.548. The van der Waals surface area contributed by atoms with E-state index in [1.165, 1.54) is 32.1 Å². The number of nitrogens with zero attached hydrogens (tertiary/aromatic N) is 2. The molecule has 194 valence electrons. The lowest BCUT2D eigenvalue weighted by molar-refractivity contribution is -0.120. The predicted octanol–water partition coefficient (Wildman–Crippen LogP) is 6.06. The van der Waals surface area contributed by atoms with E-state index in [4.69, 9.17) is 0 Å². The molecular formula is C28H38N4O3S. The topological polar surface area (TPSA) is 93.1 Å². The number of fused-ring (bicyclic) bond motifs is 1. The number of hydrogen-bond donors (Lipinski definition) is 2. The van der Waals surface area contributed by atoms with Crippen LogP contribution in [0.1, 0.15) is 58.8 Å². The van der Waals surface area contributed by atoms with Gasteiger partial charge in [-0.3, -0.25) is 4.79 Å². The summed E-state index contributed by atoms with van der Waals surface area (Å²) in [5.41, 5.74) is 4.20. The summed E-state index contributed by atoms with van der Waals surface area (Å²) in [7, 11) is -1.01. The van der Waals surface area contributed by atoms with Gasteiger partial charge in [0, 0.05) is 24.3 Å². The zero-order valence-corrected chi connectivity index (χ0v) is 22.4. The molecule has 1 aliphatic heterocycles. The normalized spacial score (nSPS) is 19.2. The summed E-state index contributed by atoms with van der Waals surface area (Å²) >= 11 is 0. The van der Waals surface area contributed by atoms with Gasteiger partial charge < -0.3 is 15.2 Å². The Hall–Kier alpha value is -2.87. The van der Waals surface area contributed by atoms with Crippen LogP contribution in [0.5, 0.6) is 0 Å². The summed E-state index contributed by atoms with van der Waals surface area (Å²) in [6.07, 6.45) is 8.09. The van der Waals surface area contributed by atoms with Crippen LogP contribution in [0.25, 0.3) is 11.0 Å². The maximum Gasteiger partial charge on any atom is 0.227 e. The molecule has 2 fully saturated rings. The number of amides is 1. The zero-order chi connectivity index (χ0) is 25.8. The number of hydrogen-bond acceptors (Lipinski definition) is 5. The summed E-state index contributed by atoms with van der Waals surface area (Å²) in [5, 5.41) is 6.17. The van der Waals surface area contributed by atoms with Crippen LogP contribution in [0, 0.1) is 11.3 Å². The van der Waals surface area contributed by atoms with E-state index in [0.717, 1.165) is 22.7 Å². The molecule has 0 bridgehead atoms. The number of carbonyl (C=O) groups excluding carboxylic acids is 1. The van der Waals surface area contributed by atoms with Gasteiger partial charge in [-0.05, 0) is 67.5 Å². The van der Waals surface area contributed by atoms with Crippen molar-refractivity contribution in [1.29, 1.82) is 0 Å². The van der Waals surface area contributed by atoms with Gasteiger partial charge in [0.05, 0.1) is 22.5 Å². The molecular weight excluding hydrogens is 472 g/mol. The van der Waals surface area contributed by atoms with Crippen molar-refractivity contribution in [3.05, 3.63) is 48.5 Å². The Labute approximate surface area is 214 Å². The fraction of sp³-hybridized carbons (Fsp3) is 0.500. The number of carbonyl (C=O) groups is 1. The minimum atomic E-state index is -2.97.